The SMILES string of the molecule is COc1ccc(C(F)(F)F)cc1SN. The molecule has 0 saturated heterocycles. The molecule has 6 heteroatoms. The summed E-state index contributed by atoms with van der Waals surface area (Å²) < 4.78 is 41.6. The molecule has 14 heavy (non-hydrogen) atoms. The Morgan fingerprint density at radius 2 is 2.00 bits per heavy atom. The van der Waals surface area contributed by atoms with Gasteiger partial charge >= 0.3 is 6.18 Å². The molecule has 0 atom stereocenters. The number of halogens is 3. The highest BCUT2D eigenvalue weighted by Gasteiger charge is 2.31. The van der Waals surface area contributed by atoms with Gasteiger partial charge in [-0.1, -0.05) is 0 Å². The normalized spacial score (nSPS) is 11.5. The molecule has 1 aromatic carbocycles. The van der Waals surface area contributed by atoms with Crippen LogP contribution < -0.4 is 9.88 Å². The predicted molar refractivity (Wildman–Crippen MR) is 48.0 cm³/mol. The second kappa shape index (κ2) is 4.10. The molecule has 2 N–H and O–H groups in total. The van der Waals surface area contributed by atoms with Gasteiger partial charge in [0.05, 0.1) is 17.6 Å². The minimum Gasteiger partial charge on any atom is -0.496 e. The summed E-state index contributed by atoms with van der Waals surface area (Å²) in [6, 6.07) is 3.17. The number of benzene rings is 1. The van der Waals surface area contributed by atoms with Crippen LogP contribution in [0.15, 0.2) is 23.1 Å². The third-order valence-electron chi connectivity index (χ3n) is 1.62. The number of methoxy groups -OCH3 is 1. The Bertz CT molecular complexity index is 327. The Labute approximate surface area is 83.4 Å². The summed E-state index contributed by atoms with van der Waals surface area (Å²) in [5.74, 6) is 0.338. The molecule has 1 aromatic rings. The van der Waals surface area contributed by atoms with E-state index in [-0.39, 0.29) is 4.90 Å². The van der Waals surface area contributed by atoms with Crippen LogP contribution in [0.1, 0.15) is 5.56 Å². The molecule has 0 spiro atoms. The fourth-order valence-electron chi connectivity index (χ4n) is 0.945. The average molecular weight is 223 g/mol. The molecule has 0 aliphatic rings. The topological polar surface area (TPSA) is 35.2 Å². The maximum absolute atomic E-state index is 12.2. The molecule has 78 valence electrons. The van der Waals surface area contributed by atoms with Gasteiger partial charge in [-0.2, -0.15) is 13.2 Å². The Balaban J connectivity index is 3.14. The van der Waals surface area contributed by atoms with Gasteiger partial charge in [0.15, 0.2) is 0 Å². The van der Waals surface area contributed by atoms with Crippen LogP contribution in [0, 0.1) is 0 Å². The van der Waals surface area contributed by atoms with E-state index in [1.54, 1.807) is 0 Å². The molecule has 0 bridgehead atoms. The van der Waals surface area contributed by atoms with Gasteiger partial charge in [-0.15, -0.1) is 0 Å². The number of ether oxygens (including phenoxy) is 1. The lowest BCUT2D eigenvalue weighted by Gasteiger charge is -2.10. The molecule has 0 aliphatic carbocycles. The summed E-state index contributed by atoms with van der Waals surface area (Å²) >= 11 is 0.725. The van der Waals surface area contributed by atoms with Gasteiger partial charge in [0.1, 0.15) is 5.75 Å². The van der Waals surface area contributed by atoms with E-state index in [1.807, 2.05) is 0 Å². The van der Waals surface area contributed by atoms with Crippen LogP contribution in [0.5, 0.6) is 5.75 Å². The van der Waals surface area contributed by atoms with Gasteiger partial charge in [0.2, 0.25) is 0 Å². The van der Waals surface area contributed by atoms with Crippen LogP contribution in [-0.2, 0) is 6.18 Å². The minimum absolute atomic E-state index is 0.266. The molecule has 0 amide bonds. The quantitative estimate of drug-likeness (QED) is 0.783. The molecule has 0 fully saturated rings. The van der Waals surface area contributed by atoms with Crippen LogP contribution in [-0.4, -0.2) is 7.11 Å². The minimum atomic E-state index is -4.35. The van der Waals surface area contributed by atoms with Gasteiger partial charge in [-0.05, 0) is 30.1 Å². The number of alkyl halides is 3. The molecule has 0 heterocycles. The zero-order valence-corrected chi connectivity index (χ0v) is 8.08. The summed E-state index contributed by atoms with van der Waals surface area (Å²) in [6.07, 6.45) is -4.35. The molecule has 0 aliphatic heterocycles. The molecule has 0 saturated carbocycles. The lowest BCUT2D eigenvalue weighted by Crippen LogP contribution is -2.05. The van der Waals surface area contributed by atoms with Crippen LogP contribution in [0.3, 0.4) is 0 Å². The van der Waals surface area contributed by atoms with E-state index in [9.17, 15) is 13.2 Å². The van der Waals surface area contributed by atoms with Crippen molar-refractivity contribution >= 4 is 11.9 Å². The van der Waals surface area contributed by atoms with Crippen molar-refractivity contribution in [3.05, 3.63) is 23.8 Å². The van der Waals surface area contributed by atoms with E-state index in [4.69, 9.17) is 9.88 Å². The number of hydrogen-bond donors (Lipinski definition) is 1. The Kier molecular flexibility index (Phi) is 3.28. The molecular formula is C8H8F3NOS. The fraction of sp³-hybridized carbons (Fsp3) is 0.250. The highest BCUT2D eigenvalue weighted by Crippen LogP contribution is 2.35. The van der Waals surface area contributed by atoms with E-state index >= 15 is 0 Å². The van der Waals surface area contributed by atoms with Crippen molar-refractivity contribution in [3.8, 4) is 5.75 Å². The van der Waals surface area contributed by atoms with Crippen molar-refractivity contribution in [1.82, 2.24) is 0 Å². The lowest BCUT2D eigenvalue weighted by atomic mass is 10.2. The van der Waals surface area contributed by atoms with Crippen molar-refractivity contribution in [2.24, 2.45) is 5.14 Å². The smallest absolute Gasteiger partial charge is 0.416 e. The van der Waals surface area contributed by atoms with Crippen molar-refractivity contribution in [2.45, 2.75) is 11.1 Å². The summed E-state index contributed by atoms with van der Waals surface area (Å²) in [7, 11) is 1.38. The lowest BCUT2D eigenvalue weighted by molar-refractivity contribution is -0.137. The van der Waals surface area contributed by atoms with Crippen LogP contribution in [0.2, 0.25) is 0 Å². The van der Waals surface area contributed by atoms with Gasteiger partial charge in [-0.3, -0.25) is 5.14 Å². The molecule has 0 unspecified atom stereocenters. The molecule has 0 radical (unpaired) electrons. The Morgan fingerprint density at radius 1 is 1.36 bits per heavy atom. The second-order valence-corrected chi connectivity index (χ2v) is 3.16. The highest BCUT2D eigenvalue weighted by molar-refractivity contribution is 7.97. The second-order valence-electron chi connectivity index (χ2n) is 2.48. The molecule has 0 aromatic heterocycles. The van der Waals surface area contributed by atoms with Crippen molar-refractivity contribution < 1.29 is 17.9 Å². The number of hydrogen-bond acceptors (Lipinski definition) is 3. The van der Waals surface area contributed by atoms with E-state index in [2.05, 4.69) is 0 Å². The first-order valence-electron chi connectivity index (χ1n) is 3.61. The zero-order valence-electron chi connectivity index (χ0n) is 7.26. The van der Waals surface area contributed by atoms with Crippen molar-refractivity contribution in [1.29, 1.82) is 0 Å². The summed E-state index contributed by atoms with van der Waals surface area (Å²) in [6.45, 7) is 0. The first-order chi connectivity index (χ1) is 6.49. The summed E-state index contributed by atoms with van der Waals surface area (Å²) in [4.78, 5) is 0.266. The largest absolute Gasteiger partial charge is 0.496 e. The van der Waals surface area contributed by atoms with Crippen molar-refractivity contribution in [3.63, 3.8) is 0 Å². The van der Waals surface area contributed by atoms with Gasteiger partial charge in [0.25, 0.3) is 0 Å². The van der Waals surface area contributed by atoms with Crippen molar-refractivity contribution in [2.75, 3.05) is 7.11 Å². The van der Waals surface area contributed by atoms with Gasteiger partial charge in [0, 0.05) is 0 Å². The average Bonchev–Trinajstić information content (AvgIpc) is 2.15. The number of nitrogens with two attached hydrogens (primary N) is 1. The summed E-state index contributed by atoms with van der Waals surface area (Å²) in [5, 5.41) is 5.21. The monoisotopic (exact) mass is 223 g/mol. The molecular weight excluding hydrogens is 215 g/mol. The zero-order chi connectivity index (χ0) is 10.8. The Morgan fingerprint density at radius 3 is 2.43 bits per heavy atom. The van der Waals surface area contributed by atoms with E-state index < -0.39 is 11.7 Å². The first kappa shape index (κ1) is 11.2. The predicted octanol–water partition coefficient (Wildman–Crippen LogP) is 2.68. The van der Waals surface area contributed by atoms with E-state index in [0.717, 1.165) is 24.1 Å². The molecule has 2 nitrogen and oxygen atoms in total. The fourth-order valence-corrected chi connectivity index (χ4v) is 1.41. The Hall–Kier alpha value is -0.880. The number of rotatable bonds is 2. The van der Waals surface area contributed by atoms with Gasteiger partial charge < -0.3 is 4.74 Å². The van der Waals surface area contributed by atoms with Crippen LogP contribution >= 0.6 is 11.9 Å². The standard InChI is InChI=1S/C8H8F3NOS/c1-13-6-3-2-5(8(9,10)11)4-7(6)14-12/h2-4H,12H2,1H3. The first-order valence-corrected chi connectivity index (χ1v) is 4.49. The molecule has 1 rings (SSSR count). The van der Waals surface area contributed by atoms with E-state index in [0.29, 0.717) is 5.75 Å². The maximum atomic E-state index is 12.2. The van der Waals surface area contributed by atoms with Crippen LogP contribution in [0.4, 0.5) is 13.2 Å². The highest BCUT2D eigenvalue weighted by atomic mass is 32.2. The third kappa shape index (κ3) is 2.33. The summed E-state index contributed by atoms with van der Waals surface area (Å²) in [5.41, 5.74) is -0.730. The van der Waals surface area contributed by atoms with Crippen LogP contribution in [0.25, 0.3) is 0 Å². The maximum Gasteiger partial charge on any atom is 0.416 e. The van der Waals surface area contributed by atoms with E-state index in [1.165, 1.54) is 13.2 Å². The van der Waals surface area contributed by atoms with Gasteiger partial charge in [-0.25, -0.2) is 0 Å². The third-order valence-corrected chi connectivity index (χ3v) is 2.19.